The predicted octanol–water partition coefficient (Wildman–Crippen LogP) is -0.000300. The summed E-state index contributed by atoms with van der Waals surface area (Å²) >= 11 is 5.10. The Bertz CT molecular complexity index is 309. The van der Waals surface area contributed by atoms with Crippen LogP contribution < -0.4 is 5.32 Å². The van der Waals surface area contributed by atoms with Crippen LogP contribution in [0.5, 0.6) is 0 Å². The first-order valence-corrected chi connectivity index (χ1v) is 7.05. The minimum Gasteiger partial charge on any atom is -0.360 e. The number of nitrogens with one attached hydrogen (secondary N) is 1. The molecule has 0 heterocycles. The van der Waals surface area contributed by atoms with Gasteiger partial charge in [0.25, 0.3) is 0 Å². The van der Waals surface area contributed by atoms with Crippen LogP contribution in [0.2, 0.25) is 0 Å². The van der Waals surface area contributed by atoms with Gasteiger partial charge in [-0.05, 0) is 25.1 Å². The molecule has 0 spiro atoms. The van der Waals surface area contributed by atoms with Gasteiger partial charge in [-0.25, -0.2) is 8.42 Å². The van der Waals surface area contributed by atoms with E-state index >= 15 is 0 Å². The molecule has 1 rings (SSSR count). The lowest BCUT2D eigenvalue weighted by Crippen LogP contribution is -2.40. The third-order valence-corrected chi connectivity index (χ3v) is 3.40. The van der Waals surface area contributed by atoms with Crippen molar-refractivity contribution in [2.45, 2.75) is 18.9 Å². The summed E-state index contributed by atoms with van der Waals surface area (Å²) in [6.45, 7) is 0.456. The van der Waals surface area contributed by atoms with Crippen molar-refractivity contribution in [1.82, 2.24) is 10.2 Å². The van der Waals surface area contributed by atoms with E-state index in [1.807, 2.05) is 7.05 Å². The second-order valence-electron chi connectivity index (χ2n) is 3.78. The minimum atomic E-state index is -2.89. The molecule has 1 aliphatic rings. The summed E-state index contributed by atoms with van der Waals surface area (Å²) < 4.78 is 21.8. The van der Waals surface area contributed by atoms with Gasteiger partial charge < -0.3 is 10.2 Å². The average molecular weight is 236 g/mol. The Morgan fingerprint density at radius 2 is 2.14 bits per heavy atom. The molecule has 6 heteroatoms. The number of sulfone groups is 1. The van der Waals surface area contributed by atoms with E-state index in [0.29, 0.717) is 17.7 Å². The van der Waals surface area contributed by atoms with Crippen molar-refractivity contribution in [1.29, 1.82) is 0 Å². The molecule has 14 heavy (non-hydrogen) atoms. The first kappa shape index (κ1) is 11.7. The fourth-order valence-corrected chi connectivity index (χ4v) is 1.78. The van der Waals surface area contributed by atoms with Crippen LogP contribution in [0.1, 0.15) is 12.8 Å². The Morgan fingerprint density at radius 3 is 2.57 bits per heavy atom. The maximum atomic E-state index is 10.9. The zero-order valence-corrected chi connectivity index (χ0v) is 10.1. The highest BCUT2D eigenvalue weighted by Crippen LogP contribution is 2.18. The Balaban J connectivity index is 2.25. The van der Waals surface area contributed by atoms with E-state index in [1.165, 1.54) is 19.1 Å². The van der Waals surface area contributed by atoms with Crippen molar-refractivity contribution in [3.63, 3.8) is 0 Å². The zero-order chi connectivity index (χ0) is 10.8. The van der Waals surface area contributed by atoms with Gasteiger partial charge in [0.05, 0.1) is 5.75 Å². The van der Waals surface area contributed by atoms with Crippen molar-refractivity contribution >= 4 is 27.2 Å². The van der Waals surface area contributed by atoms with Crippen LogP contribution >= 0.6 is 12.2 Å². The molecule has 0 aromatic carbocycles. The average Bonchev–Trinajstić information content (AvgIpc) is 2.82. The standard InChI is InChI=1S/C8H16N2O2S2/c1-10(5-6-14(2,11)12)8(13)9-7-3-4-7/h7H,3-6H2,1-2H3,(H,9,13). The smallest absolute Gasteiger partial charge is 0.168 e. The van der Waals surface area contributed by atoms with Gasteiger partial charge in [0.1, 0.15) is 9.84 Å². The fraction of sp³-hybridized carbons (Fsp3) is 0.875. The second-order valence-corrected chi connectivity index (χ2v) is 6.42. The van der Waals surface area contributed by atoms with Crippen molar-refractivity contribution in [3.05, 3.63) is 0 Å². The first-order valence-electron chi connectivity index (χ1n) is 4.58. The SMILES string of the molecule is CN(CCS(C)(=O)=O)C(=S)NC1CC1. The lowest BCUT2D eigenvalue weighted by atomic mass is 10.6. The maximum Gasteiger partial charge on any atom is 0.168 e. The van der Waals surface area contributed by atoms with Crippen molar-refractivity contribution < 1.29 is 8.42 Å². The van der Waals surface area contributed by atoms with Crippen molar-refractivity contribution in [2.75, 3.05) is 25.6 Å². The van der Waals surface area contributed by atoms with Gasteiger partial charge in [0, 0.05) is 25.9 Å². The molecule has 4 nitrogen and oxygen atoms in total. The number of hydrogen-bond acceptors (Lipinski definition) is 3. The summed E-state index contributed by atoms with van der Waals surface area (Å²) in [6.07, 6.45) is 3.57. The highest BCUT2D eigenvalue weighted by atomic mass is 32.2. The third kappa shape index (κ3) is 4.76. The second kappa shape index (κ2) is 4.44. The van der Waals surface area contributed by atoms with Crippen LogP contribution in [0.25, 0.3) is 0 Å². The van der Waals surface area contributed by atoms with E-state index in [1.54, 1.807) is 4.90 Å². The molecule has 0 bridgehead atoms. The van der Waals surface area contributed by atoms with Gasteiger partial charge in [0.2, 0.25) is 0 Å². The first-order chi connectivity index (χ1) is 6.38. The van der Waals surface area contributed by atoms with Crippen LogP contribution in [0.4, 0.5) is 0 Å². The summed E-state index contributed by atoms with van der Waals surface area (Å²) in [5, 5.41) is 3.80. The van der Waals surface area contributed by atoms with Gasteiger partial charge in [0.15, 0.2) is 5.11 Å². The quantitative estimate of drug-likeness (QED) is 0.696. The molecular formula is C8H16N2O2S2. The zero-order valence-electron chi connectivity index (χ0n) is 8.49. The topological polar surface area (TPSA) is 49.4 Å². The fourth-order valence-electron chi connectivity index (χ4n) is 0.917. The molecule has 0 aromatic rings. The van der Waals surface area contributed by atoms with Crippen LogP contribution in [0, 0.1) is 0 Å². The summed E-state index contributed by atoms with van der Waals surface area (Å²) in [6, 6.07) is 0.517. The van der Waals surface area contributed by atoms with Gasteiger partial charge in [-0.2, -0.15) is 0 Å². The molecule has 0 unspecified atom stereocenters. The molecule has 0 aromatic heterocycles. The maximum absolute atomic E-state index is 10.9. The largest absolute Gasteiger partial charge is 0.360 e. The number of rotatable bonds is 4. The molecule has 1 N–H and O–H groups in total. The molecule has 1 aliphatic carbocycles. The van der Waals surface area contributed by atoms with E-state index in [-0.39, 0.29) is 5.75 Å². The van der Waals surface area contributed by atoms with Gasteiger partial charge >= 0.3 is 0 Å². The Morgan fingerprint density at radius 1 is 1.57 bits per heavy atom. The third-order valence-electron chi connectivity index (χ3n) is 2.05. The molecule has 82 valence electrons. The summed E-state index contributed by atoms with van der Waals surface area (Å²) in [7, 11) is -1.09. The van der Waals surface area contributed by atoms with Gasteiger partial charge in [-0.15, -0.1) is 0 Å². The lowest BCUT2D eigenvalue weighted by molar-refractivity contribution is 0.515. The van der Waals surface area contributed by atoms with Crippen LogP contribution in [0.15, 0.2) is 0 Å². The Kier molecular flexibility index (Phi) is 3.71. The van der Waals surface area contributed by atoms with E-state index in [4.69, 9.17) is 12.2 Å². The highest BCUT2D eigenvalue weighted by molar-refractivity contribution is 7.90. The molecule has 1 fully saturated rings. The summed E-state index contributed by atoms with van der Waals surface area (Å²) in [4.78, 5) is 1.77. The number of thiocarbonyl (C=S) groups is 1. The van der Waals surface area contributed by atoms with E-state index in [9.17, 15) is 8.42 Å². The van der Waals surface area contributed by atoms with Gasteiger partial charge in [-0.3, -0.25) is 0 Å². The van der Waals surface area contributed by atoms with Crippen LogP contribution in [-0.2, 0) is 9.84 Å². The molecule has 0 aliphatic heterocycles. The van der Waals surface area contributed by atoms with Crippen molar-refractivity contribution in [2.24, 2.45) is 0 Å². The minimum absolute atomic E-state index is 0.149. The van der Waals surface area contributed by atoms with E-state index in [0.717, 1.165) is 0 Å². The molecule has 0 amide bonds. The highest BCUT2D eigenvalue weighted by Gasteiger charge is 2.22. The van der Waals surface area contributed by atoms with Crippen LogP contribution in [0.3, 0.4) is 0 Å². The van der Waals surface area contributed by atoms with Crippen LogP contribution in [-0.4, -0.2) is 50.1 Å². The Hall–Kier alpha value is -0.360. The van der Waals surface area contributed by atoms with E-state index in [2.05, 4.69) is 5.32 Å². The lowest BCUT2D eigenvalue weighted by Gasteiger charge is -2.20. The molecule has 0 radical (unpaired) electrons. The summed E-state index contributed by atoms with van der Waals surface area (Å²) in [5.41, 5.74) is 0. The molecule has 0 atom stereocenters. The predicted molar refractivity (Wildman–Crippen MR) is 61.1 cm³/mol. The monoisotopic (exact) mass is 236 g/mol. The number of nitrogens with zero attached hydrogens (tertiary/aromatic N) is 1. The Labute approximate surface area is 90.6 Å². The van der Waals surface area contributed by atoms with Crippen molar-refractivity contribution in [3.8, 4) is 0 Å². The number of hydrogen-bond donors (Lipinski definition) is 1. The normalized spacial score (nSPS) is 16.4. The summed E-state index contributed by atoms with van der Waals surface area (Å²) in [5.74, 6) is 0.149. The molecular weight excluding hydrogens is 220 g/mol. The van der Waals surface area contributed by atoms with Gasteiger partial charge in [-0.1, -0.05) is 0 Å². The molecule has 1 saturated carbocycles. The molecule has 0 saturated heterocycles. The van der Waals surface area contributed by atoms with E-state index < -0.39 is 9.84 Å².